The lowest BCUT2D eigenvalue weighted by Crippen LogP contribution is -2.50. The number of carbonyl (C=O) groups is 1. The first-order valence-corrected chi connectivity index (χ1v) is 8.44. The monoisotopic (exact) mass is 308 g/mol. The second-order valence-electron chi connectivity index (χ2n) is 5.42. The highest BCUT2D eigenvalue weighted by Gasteiger charge is 2.22. The largest absolute Gasteiger partial charge is 0.497 e. The SMILES string of the molecule is COc1ccc(SCCC(=O)NC2CNCCC2C)cc1. The third-order valence-electron chi connectivity index (χ3n) is 3.83. The molecule has 2 unspecified atom stereocenters. The van der Waals surface area contributed by atoms with E-state index in [9.17, 15) is 4.79 Å². The molecule has 1 saturated heterocycles. The van der Waals surface area contributed by atoms with Gasteiger partial charge in [0.05, 0.1) is 7.11 Å². The van der Waals surface area contributed by atoms with E-state index in [-0.39, 0.29) is 11.9 Å². The minimum absolute atomic E-state index is 0.150. The molecule has 0 bridgehead atoms. The van der Waals surface area contributed by atoms with Crippen LogP contribution in [0.5, 0.6) is 5.75 Å². The number of hydrogen-bond donors (Lipinski definition) is 2. The molecule has 2 atom stereocenters. The number of nitrogens with one attached hydrogen (secondary N) is 2. The molecule has 2 rings (SSSR count). The Morgan fingerprint density at radius 2 is 2.19 bits per heavy atom. The third-order valence-corrected chi connectivity index (χ3v) is 4.85. The zero-order valence-corrected chi connectivity index (χ0v) is 13.5. The summed E-state index contributed by atoms with van der Waals surface area (Å²) >= 11 is 1.70. The molecule has 0 aliphatic carbocycles. The van der Waals surface area contributed by atoms with Crippen LogP contribution in [-0.4, -0.2) is 37.9 Å². The summed E-state index contributed by atoms with van der Waals surface area (Å²) in [5.74, 6) is 2.36. The molecular weight excluding hydrogens is 284 g/mol. The van der Waals surface area contributed by atoms with Crippen LogP contribution in [-0.2, 0) is 4.79 Å². The van der Waals surface area contributed by atoms with Crippen molar-refractivity contribution < 1.29 is 9.53 Å². The van der Waals surface area contributed by atoms with Crippen LogP contribution < -0.4 is 15.4 Å². The van der Waals surface area contributed by atoms with Crippen molar-refractivity contribution in [2.45, 2.75) is 30.7 Å². The molecule has 2 N–H and O–H groups in total. The van der Waals surface area contributed by atoms with E-state index < -0.39 is 0 Å². The van der Waals surface area contributed by atoms with Crippen molar-refractivity contribution in [1.29, 1.82) is 0 Å². The molecule has 0 spiro atoms. The van der Waals surface area contributed by atoms with E-state index in [1.165, 1.54) is 0 Å². The van der Waals surface area contributed by atoms with Gasteiger partial charge in [-0.1, -0.05) is 6.92 Å². The first kappa shape index (κ1) is 16.2. The molecule has 1 aliphatic rings. The van der Waals surface area contributed by atoms with Gasteiger partial charge in [-0.3, -0.25) is 4.79 Å². The maximum atomic E-state index is 12.0. The minimum atomic E-state index is 0.150. The number of thioether (sulfide) groups is 1. The highest BCUT2D eigenvalue weighted by Crippen LogP contribution is 2.21. The summed E-state index contributed by atoms with van der Waals surface area (Å²) in [7, 11) is 1.66. The number of carbonyl (C=O) groups excluding carboxylic acids is 1. The van der Waals surface area contributed by atoms with E-state index in [1.54, 1.807) is 18.9 Å². The maximum absolute atomic E-state index is 12.0. The lowest BCUT2D eigenvalue weighted by molar-refractivity contribution is -0.121. The van der Waals surface area contributed by atoms with Crippen LogP contribution in [0.4, 0.5) is 0 Å². The molecule has 1 amide bonds. The van der Waals surface area contributed by atoms with Crippen LogP contribution in [0.1, 0.15) is 19.8 Å². The second kappa shape index (κ2) is 8.29. The smallest absolute Gasteiger partial charge is 0.221 e. The van der Waals surface area contributed by atoms with Gasteiger partial charge in [-0.2, -0.15) is 0 Å². The maximum Gasteiger partial charge on any atom is 0.221 e. The van der Waals surface area contributed by atoms with Crippen molar-refractivity contribution in [3.8, 4) is 5.75 Å². The number of rotatable bonds is 6. The van der Waals surface area contributed by atoms with Crippen LogP contribution in [0.25, 0.3) is 0 Å². The fraction of sp³-hybridized carbons (Fsp3) is 0.562. The summed E-state index contributed by atoms with van der Waals surface area (Å²) in [4.78, 5) is 13.1. The molecule has 1 fully saturated rings. The molecule has 0 saturated carbocycles. The minimum Gasteiger partial charge on any atom is -0.497 e. The quantitative estimate of drug-likeness (QED) is 0.792. The van der Waals surface area contributed by atoms with E-state index in [2.05, 4.69) is 17.6 Å². The van der Waals surface area contributed by atoms with Crippen LogP contribution >= 0.6 is 11.8 Å². The van der Waals surface area contributed by atoms with Crippen LogP contribution in [0.3, 0.4) is 0 Å². The Kier molecular flexibility index (Phi) is 6.39. The van der Waals surface area contributed by atoms with Gasteiger partial charge in [-0.05, 0) is 43.1 Å². The van der Waals surface area contributed by atoms with Gasteiger partial charge in [0, 0.05) is 29.7 Å². The molecule has 21 heavy (non-hydrogen) atoms. The lowest BCUT2D eigenvalue weighted by Gasteiger charge is -2.30. The second-order valence-corrected chi connectivity index (χ2v) is 6.59. The van der Waals surface area contributed by atoms with Crippen LogP contribution in [0.15, 0.2) is 29.2 Å². The standard InChI is InChI=1S/C16H24N2O2S/c1-12-7-9-17-11-15(12)18-16(19)8-10-21-14-5-3-13(20-2)4-6-14/h3-6,12,15,17H,7-11H2,1-2H3,(H,18,19). The number of amides is 1. The van der Waals surface area contributed by atoms with Crippen molar-refractivity contribution in [2.24, 2.45) is 5.92 Å². The first-order valence-electron chi connectivity index (χ1n) is 7.46. The predicted molar refractivity (Wildman–Crippen MR) is 86.9 cm³/mol. The Hall–Kier alpha value is -1.20. The van der Waals surface area contributed by atoms with Gasteiger partial charge in [0.1, 0.15) is 5.75 Å². The highest BCUT2D eigenvalue weighted by molar-refractivity contribution is 7.99. The van der Waals surface area contributed by atoms with Gasteiger partial charge < -0.3 is 15.4 Å². The fourth-order valence-corrected chi connectivity index (χ4v) is 3.25. The molecule has 1 aromatic carbocycles. The van der Waals surface area contributed by atoms with E-state index in [0.717, 1.165) is 35.9 Å². The van der Waals surface area contributed by atoms with E-state index in [4.69, 9.17) is 4.74 Å². The summed E-state index contributed by atoms with van der Waals surface area (Å²) in [6.07, 6.45) is 1.69. The number of benzene rings is 1. The lowest BCUT2D eigenvalue weighted by atomic mass is 9.95. The molecule has 1 aromatic rings. The third kappa shape index (κ3) is 5.25. The number of methoxy groups -OCH3 is 1. The van der Waals surface area contributed by atoms with Gasteiger partial charge in [-0.25, -0.2) is 0 Å². The molecule has 0 aromatic heterocycles. The molecule has 0 radical (unpaired) electrons. The summed E-state index contributed by atoms with van der Waals surface area (Å²) in [6, 6.07) is 8.20. The van der Waals surface area contributed by atoms with Gasteiger partial charge in [0.25, 0.3) is 0 Å². The van der Waals surface area contributed by atoms with E-state index in [0.29, 0.717) is 12.3 Å². The predicted octanol–water partition coefficient (Wildman–Crippen LogP) is 2.29. The highest BCUT2D eigenvalue weighted by atomic mass is 32.2. The normalized spacial score (nSPS) is 21.8. The van der Waals surface area contributed by atoms with Gasteiger partial charge in [0.2, 0.25) is 5.91 Å². The zero-order chi connectivity index (χ0) is 15.1. The zero-order valence-electron chi connectivity index (χ0n) is 12.7. The van der Waals surface area contributed by atoms with Crippen molar-refractivity contribution in [2.75, 3.05) is 26.0 Å². The fourth-order valence-electron chi connectivity index (χ4n) is 2.40. The van der Waals surface area contributed by atoms with Crippen LogP contribution in [0, 0.1) is 5.92 Å². The Morgan fingerprint density at radius 3 is 2.86 bits per heavy atom. The Labute approximate surface area is 131 Å². The summed E-state index contributed by atoms with van der Waals surface area (Å²) < 4.78 is 5.13. The number of piperidine rings is 1. The molecule has 1 aliphatic heterocycles. The molecule has 5 heteroatoms. The summed E-state index contributed by atoms with van der Waals surface area (Å²) in [5, 5.41) is 6.47. The van der Waals surface area contributed by atoms with Crippen molar-refractivity contribution in [3.63, 3.8) is 0 Å². The average molecular weight is 308 g/mol. The topological polar surface area (TPSA) is 50.4 Å². The molecular formula is C16H24N2O2S. The molecule has 1 heterocycles. The molecule has 4 nitrogen and oxygen atoms in total. The van der Waals surface area contributed by atoms with Gasteiger partial charge in [0.15, 0.2) is 0 Å². The van der Waals surface area contributed by atoms with Crippen molar-refractivity contribution in [1.82, 2.24) is 10.6 Å². The summed E-state index contributed by atoms with van der Waals surface area (Å²) in [6.45, 7) is 4.15. The van der Waals surface area contributed by atoms with E-state index >= 15 is 0 Å². The average Bonchev–Trinajstić information content (AvgIpc) is 2.50. The molecule has 116 valence electrons. The number of hydrogen-bond acceptors (Lipinski definition) is 4. The van der Waals surface area contributed by atoms with E-state index in [1.807, 2.05) is 24.3 Å². The Bertz CT molecular complexity index is 450. The number of ether oxygens (including phenoxy) is 1. The summed E-state index contributed by atoms with van der Waals surface area (Å²) in [5.41, 5.74) is 0. The van der Waals surface area contributed by atoms with Gasteiger partial charge in [-0.15, -0.1) is 11.8 Å². The van der Waals surface area contributed by atoms with Crippen molar-refractivity contribution >= 4 is 17.7 Å². The van der Waals surface area contributed by atoms with Crippen molar-refractivity contribution in [3.05, 3.63) is 24.3 Å². The van der Waals surface area contributed by atoms with Crippen LogP contribution in [0.2, 0.25) is 0 Å². The Balaban J connectivity index is 1.68. The Morgan fingerprint density at radius 1 is 1.43 bits per heavy atom. The first-order chi connectivity index (χ1) is 10.2. The van der Waals surface area contributed by atoms with Gasteiger partial charge >= 0.3 is 0 Å².